The lowest BCUT2D eigenvalue weighted by molar-refractivity contribution is -0.156. The molecule has 1 amide bonds. The number of nitrogens with zero attached hydrogens (tertiary/aromatic N) is 1. The highest BCUT2D eigenvalue weighted by Gasteiger charge is 2.35. The summed E-state index contributed by atoms with van der Waals surface area (Å²) in [6.45, 7) is 9.40. The maximum absolute atomic E-state index is 12.8. The van der Waals surface area contributed by atoms with E-state index in [4.69, 9.17) is 30.2 Å². The minimum Gasteiger partial charge on any atom is -0.442 e. The van der Waals surface area contributed by atoms with Gasteiger partial charge in [0.2, 0.25) is 0 Å². The van der Waals surface area contributed by atoms with Crippen molar-refractivity contribution in [2.45, 2.75) is 58.4 Å². The molecule has 0 N–H and O–H groups in total. The van der Waals surface area contributed by atoms with E-state index < -0.39 is 24.4 Å². The van der Waals surface area contributed by atoms with Crippen LogP contribution in [0.15, 0.2) is 30.3 Å². The maximum Gasteiger partial charge on any atom is 0.434 e. The first kappa shape index (κ1) is 24.9. The fourth-order valence-corrected chi connectivity index (χ4v) is 4.17. The van der Waals surface area contributed by atoms with Gasteiger partial charge in [0, 0.05) is 0 Å². The van der Waals surface area contributed by atoms with E-state index >= 15 is 0 Å². The SMILES string of the molecule is CCOP(=O)(OCC)C(Cl)CCN(OCc1ccccc1)C(=O)OC(C)(C)C. The molecule has 28 heavy (non-hydrogen) atoms. The summed E-state index contributed by atoms with van der Waals surface area (Å²) in [4.78, 5) is 18.1. The van der Waals surface area contributed by atoms with Crippen LogP contribution in [0.5, 0.6) is 0 Å². The lowest BCUT2D eigenvalue weighted by Crippen LogP contribution is -2.38. The summed E-state index contributed by atoms with van der Waals surface area (Å²) in [5.41, 5.74) is 0.213. The molecule has 1 atom stereocenters. The van der Waals surface area contributed by atoms with Crippen molar-refractivity contribution in [2.75, 3.05) is 19.8 Å². The topological polar surface area (TPSA) is 74.3 Å². The number of benzene rings is 1. The molecule has 0 aromatic heterocycles. The van der Waals surface area contributed by atoms with Crippen LogP contribution in [0.1, 0.15) is 46.6 Å². The van der Waals surface area contributed by atoms with Gasteiger partial charge in [-0.15, -0.1) is 11.6 Å². The number of hydroxylamine groups is 2. The van der Waals surface area contributed by atoms with E-state index in [-0.39, 0.29) is 32.8 Å². The summed E-state index contributed by atoms with van der Waals surface area (Å²) in [6, 6.07) is 9.43. The van der Waals surface area contributed by atoms with Gasteiger partial charge in [-0.2, -0.15) is 5.06 Å². The van der Waals surface area contributed by atoms with Gasteiger partial charge < -0.3 is 13.8 Å². The zero-order chi connectivity index (χ0) is 21.2. The van der Waals surface area contributed by atoms with Crippen molar-refractivity contribution < 1.29 is 28.0 Å². The molecule has 0 aliphatic rings. The molecule has 9 heteroatoms. The highest BCUT2D eigenvalue weighted by Crippen LogP contribution is 2.55. The molecule has 1 rings (SSSR count). The van der Waals surface area contributed by atoms with Crippen LogP contribution in [0.3, 0.4) is 0 Å². The van der Waals surface area contributed by atoms with Crippen molar-refractivity contribution in [1.82, 2.24) is 5.06 Å². The van der Waals surface area contributed by atoms with Gasteiger partial charge in [-0.25, -0.2) is 4.79 Å². The van der Waals surface area contributed by atoms with E-state index in [1.54, 1.807) is 34.6 Å². The van der Waals surface area contributed by atoms with Gasteiger partial charge in [0.05, 0.1) is 19.8 Å². The van der Waals surface area contributed by atoms with Gasteiger partial charge in [-0.1, -0.05) is 30.3 Å². The predicted molar refractivity (Wildman–Crippen MR) is 109 cm³/mol. The highest BCUT2D eigenvalue weighted by molar-refractivity contribution is 7.56. The summed E-state index contributed by atoms with van der Waals surface area (Å²) in [5.74, 6) is 0. The molecule has 1 aromatic rings. The molecule has 0 spiro atoms. The van der Waals surface area contributed by atoms with E-state index in [0.29, 0.717) is 0 Å². The number of carbonyl (C=O) groups is 1. The molecular weight excluding hydrogens is 405 g/mol. The number of amides is 1. The Morgan fingerprint density at radius 1 is 1.14 bits per heavy atom. The number of carbonyl (C=O) groups excluding carboxylic acids is 1. The Balaban J connectivity index is 2.80. The van der Waals surface area contributed by atoms with E-state index in [9.17, 15) is 9.36 Å². The lowest BCUT2D eigenvalue weighted by atomic mass is 10.2. The quantitative estimate of drug-likeness (QED) is 0.257. The highest BCUT2D eigenvalue weighted by atomic mass is 35.5. The van der Waals surface area contributed by atoms with Crippen LogP contribution >= 0.6 is 19.2 Å². The number of hydrogen-bond acceptors (Lipinski definition) is 6. The number of alkyl halides is 1. The van der Waals surface area contributed by atoms with Crippen LogP contribution in [-0.2, 0) is 29.8 Å². The average Bonchev–Trinajstić information content (AvgIpc) is 2.61. The number of halogens is 1. The number of rotatable bonds is 11. The molecule has 160 valence electrons. The van der Waals surface area contributed by atoms with Crippen LogP contribution in [0.25, 0.3) is 0 Å². The Bertz CT molecular complexity index is 627. The molecular formula is C19H31ClNO6P. The second-order valence-electron chi connectivity index (χ2n) is 6.94. The molecule has 1 unspecified atom stereocenters. The van der Waals surface area contributed by atoms with Gasteiger partial charge in [0.15, 0.2) is 0 Å². The summed E-state index contributed by atoms with van der Waals surface area (Å²) in [7, 11) is -3.48. The van der Waals surface area contributed by atoms with Gasteiger partial charge >= 0.3 is 13.7 Å². The number of hydrogen-bond donors (Lipinski definition) is 0. The number of ether oxygens (including phenoxy) is 1. The minimum absolute atomic E-state index is 0.0695. The molecule has 0 heterocycles. The Kier molecular flexibility index (Phi) is 10.5. The molecule has 1 aromatic carbocycles. The molecule has 0 aliphatic carbocycles. The smallest absolute Gasteiger partial charge is 0.434 e. The fraction of sp³-hybridized carbons (Fsp3) is 0.632. The lowest BCUT2D eigenvalue weighted by Gasteiger charge is -2.28. The summed E-state index contributed by atoms with van der Waals surface area (Å²) >= 11 is 6.30. The second-order valence-corrected chi connectivity index (χ2v) is 9.99. The molecule has 7 nitrogen and oxygen atoms in total. The van der Waals surface area contributed by atoms with Crippen LogP contribution < -0.4 is 0 Å². The third kappa shape index (κ3) is 8.93. The Hall–Kier alpha value is -1.11. The minimum atomic E-state index is -3.48. The molecule has 0 radical (unpaired) electrons. The van der Waals surface area contributed by atoms with Crippen molar-refractivity contribution >= 4 is 25.3 Å². The van der Waals surface area contributed by atoms with E-state index in [0.717, 1.165) is 10.6 Å². The summed E-state index contributed by atoms with van der Waals surface area (Å²) in [6.07, 6.45) is -0.498. The zero-order valence-electron chi connectivity index (χ0n) is 17.2. The van der Waals surface area contributed by atoms with Crippen molar-refractivity contribution in [3.05, 3.63) is 35.9 Å². The predicted octanol–water partition coefficient (Wildman–Crippen LogP) is 5.58. The van der Waals surface area contributed by atoms with Gasteiger partial charge in [0.25, 0.3) is 0 Å². The Labute approximate surface area is 172 Å². The van der Waals surface area contributed by atoms with Crippen LogP contribution in [0.2, 0.25) is 0 Å². The third-order valence-corrected chi connectivity index (χ3v) is 6.47. The normalized spacial score (nSPS) is 13.2. The van der Waals surface area contributed by atoms with Crippen molar-refractivity contribution in [3.63, 3.8) is 0 Å². The van der Waals surface area contributed by atoms with Crippen LogP contribution in [0, 0.1) is 0 Å². The van der Waals surface area contributed by atoms with Gasteiger partial charge in [0.1, 0.15) is 17.3 Å². The first-order chi connectivity index (χ1) is 13.1. The largest absolute Gasteiger partial charge is 0.442 e. The van der Waals surface area contributed by atoms with E-state index in [1.807, 2.05) is 30.3 Å². The first-order valence-corrected chi connectivity index (χ1v) is 11.4. The Morgan fingerprint density at radius 2 is 1.71 bits per heavy atom. The Morgan fingerprint density at radius 3 is 2.21 bits per heavy atom. The van der Waals surface area contributed by atoms with Crippen molar-refractivity contribution in [2.24, 2.45) is 0 Å². The van der Waals surface area contributed by atoms with Crippen molar-refractivity contribution in [3.8, 4) is 0 Å². The zero-order valence-corrected chi connectivity index (χ0v) is 18.9. The first-order valence-electron chi connectivity index (χ1n) is 9.31. The van der Waals surface area contributed by atoms with Crippen LogP contribution in [-0.4, -0.2) is 41.6 Å². The second kappa shape index (κ2) is 11.8. The molecule has 0 fully saturated rings. The molecule has 0 saturated carbocycles. The standard InChI is InChI=1S/C19H31ClNO6P/c1-6-25-28(23,26-7-2)17(20)13-14-21(18(22)27-19(3,4)5)24-15-16-11-9-8-10-12-16/h8-12,17H,6-7,13-15H2,1-5H3. The maximum atomic E-state index is 12.8. The molecule has 0 aliphatic heterocycles. The molecule has 0 bridgehead atoms. The van der Waals surface area contributed by atoms with E-state index in [1.165, 1.54) is 0 Å². The summed E-state index contributed by atoms with van der Waals surface area (Å²) < 4.78 is 28.7. The monoisotopic (exact) mass is 435 g/mol. The van der Waals surface area contributed by atoms with Crippen molar-refractivity contribution in [1.29, 1.82) is 0 Å². The molecule has 0 saturated heterocycles. The average molecular weight is 436 g/mol. The van der Waals surface area contributed by atoms with Gasteiger partial charge in [-0.3, -0.25) is 9.40 Å². The summed E-state index contributed by atoms with van der Waals surface area (Å²) in [5, 5.41) is 0.174. The van der Waals surface area contributed by atoms with E-state index in [2.05, 4.69) is 0 Å². The fourth-order valence-electron chi connectivity index (χ4n) is 2.19. The van der Waals surface area contributed by atoms with Crippen LogP contribution in [0.4, 0.5) is 4.79 Å². The van der Waals surface area contributed by atoms with Gasteiger partial charge in [-0.05, 0) is 46.6 Å². The third-order valence-electron chi connectivity index (χ3n) is 3.36.